The lowest BCUT2D eigenvalue weighted by atomic mass is 9.65. The maximum Gasteiger partial charge on any atom is 0.337 e. The molecule has 30 heavy (non-hydrogen) atoms. The summed E-state index contributed by atoms with van der Waals surface area (Å²) in [5.74, 6) is 4.28. The fourth-order valence-electron chi connectivity index (χ4n) is 6.62. The summed E-state index contributed by atoms with van der Waals surface area (Å²) in [4.78, 5) is 12.3. The number of carbonyl (C=O) groups excluding carboxylic acids is 1. The van der Waals surface area contributed by atoms with Gasteiger partial charge in [-0.2, -0.15) is 0 Å². The van der Waals surface area contributed by atoms with E-state index in [1.807, 2.05) is 0 Å². The lowest BCUT2D eigenvalue weighted by Crippen LogP contribution is -2.30. The van der Waals surface area contributed by atoms with Crippen LogP contribution in [0.2, 0.25) is 0 Å². The minimum atomic E-state index is -0.274. The Hall–Kier alpha value is -0.990. The number of aliphatic hydroxyl groups excluding tert-OH is 1. The highest BCUT2D eigenvalue weighted by Crippen LogP contribution is 2.46. The van der Waals surface area contributed by atoms with Crippen molar-refractivity contribution in [2.24, 2.45) is 29.6 Å². The molecule has 0 radical (unpaired) electrons. The Morgan fingerprint density at radius 1 is 0.833 bits per heavy atom. The number of unbranched alkanes of at least 4 members (excludes halogenated alkanes) is 2. The predicted molar refractivity (Wildman–Crippen MR) is 123 cm³/mol. The van der Waals surface area contributed by atoms with E-state index in [1.165, 1.54) is 64.2 Å². The summed E-state index contributed by atoms with van der Waals surface area (Å²) in [6.45, 7) is 4.95. The molecule has 3 rings (SSSR count). The molecule has 0 bridgehead atoms. The molecule has 3 heteroatoms. The average Bonchev–Trinajstić information content (AvgIpc) is 2.77. The third kappa shape index (κ3) is 6.50. The quantitative estimate of drug-likeness (QED) is 0.307. The fraction of sp³-hybridized carbons (Fsp3) is 0.889. The van der Waals surface area contributed by atoms with E-state index in [0.717, 1.165) is 49.4 Å². The summed E-state index contributed by atoms with van der Waals surface area (Å²) in [6, 6.07) is 0. The van der Waals surface area contributed by atoms with Gasteiger partial charge in [0.05, 0.1) is 12.2 Å². The zero-order valence-electron chi connectivity index (χ0n) is 19.7. The normalized spacial score (nSPS) is 32.8. The maximum absolute atomic E-state index is 12.3. The second-order valence-corrected chi connectivity index (χ2v) is 10.5. The van der Waals surface area contributed by atoms with Gasteiger partial charge in [0, 0.05) is 6.42 Å². The lowest BCUT2D eigenvalue weighted by Gasteiger charge is -2.40. The van der Waals surface area contributed by atoms with Crippen LogP contribution in [0.25, 0.3) is 0 Å². The Balaban J connectivity index is 1.40. The van der Waals surface area contributed by atoms with Gasteiger partial charge in [0.25, 0.3) is 0 Å². The molecule has 0 heterocycles. The van der Waals surface area contributed by atoms with Gasteiger partial charge in [-0.15, -0.1) is 0 Å². The molecule has 1 unspecified atom stereocenters. The van der Waals surface area contributed by atoms with Gasteiger partial charge in [-0.1, -0.05) is 52.4 Å². The first-order chi connectivity index (χ1) is 14.6. The van der Waals surface area contributed by atoms with Crippen molar-refractivity contribution in [3.63, 3.8) is 0 Å². The third-order valence-electron chi connectivity index (χ3n) is 8.53. The standard InChI is InChI=1S/C27H46O3/c1-3-5-6-18-30-27(29)25-17-16-24(19-26(25)28)23-14-12-22(13-15-23)21-10-8-20(7-4-2)9-11-21/h20-24,28H,3-19H2,1-2H3. The number of hydrogen-bond acceptors (Lipinski definition) is 3. The van der Waals surface area contributed by atoms with Crippen LogP contribution in [0, 0.1) is 29.6 Å². The van der Waals surface area contributed by atoms with Gasteiger partial charge in [-0.3, -0.25) is 0 Å². The second kappa shape index (κ2) is 12.2. The average molecular weight is 419 g/mol. The van der Waals surface area contributed by atoms with E-state index in [1.54, 1.807) is 0 Å². The summed E-state index contributed by atoms with van der Waals surface area (Å²) in [7, 11) is 0. The van der Waals surface area contributed by atoms with Crippen molar-refractivity contribution in [2.75, 3.05) is 6.61 Å². The van der Waals surface area contributed by atoms with Gasteiger partial charge in [0.2, 0.25) is 0 Å². The number of rotatable bonds is 9. The Morgan fingerprint density at radius 2 is 1.43 bits per heavy atom. The summed E-state index contributed by atoms with van der Waals surface area (Å²) in [5, 5.41) is 10.5. The topological polar surface area (TPSA) is 46.5 Å². The summed E-state index contributed by atoms with van der Waals surface area (Å²) < 4.78 is 5.38. The molecule has 0 aromatic heterocycles. The van der Waals surface area contributed by atoms with E-state index in [9.17, 15) is 9.90 Å². The van der Waals surface area contributed by atoms with Crippen molar-refractivity contribution < 1.29 is 14.6 Å². The first kappa shape index (κ1) is 23.7. The molecular formula is C27H46O3. The zero-order valence-corrected chi connectivity index (χ0v) is 19.7. The highest BCUT2D eigenvalue weighted by Gasteiger charge is 2.35. The molecule has 172 valence electrons. The highest BCUT2D eigenvalue weighted by molar-refractivity contribution is 5.89. The molecule has 3 nitrogen and oxygen atoms in total. The first-order valence-electron chi connectivity index (χ1n) is 13.2. The van der Waals surface area contributed by atoms with E-state index in [4.69, 9.17) is 4.74 Å². The maximum atomic E-state index is 12.3. The van der Waals surface area contributed by atoms with Crippen LogP contribution in [-0.2, 0) is 9.53 Å². The number of carbonyl (C=O) groups is 1. The van der Waals surface area contributed by atoms with Gasteiger partial charge < -0.3 is 9.84 Å². The number of hydrogen-bond donors (Lipinski definition) is 1. The van der Waals surface area contributed by atoms with E-state index in [2.05, 4.69) is 13.8 Å². The molecule has 3 aliphatic rings. The predicted octanol–water partition coefficient (Wildman–Crippen LogP) is 7.74. The van der Waals surface area contributed by atoms with Crippen LogP contribution in [0.5, 0.6) is 0 Å². The zero-order chi connectivity index (χ0) is 21.3. The number of esters is 1. The molecule has 3 aliphatic carbocycles. The van der Waals surface area contributed by atoms with Gasteiger partial charge >= 0.3 is 5.97 Å². The minimum absolute atomic E-state index is 0.274. The molecule has 0 aliphatic heterocycles. The number of aliphatic hydroxyl groups is 1. The molecule has 0 amide bonds. The third-order valence-corrected chi connectivity index (χ3v) is 8.53. The van der Waals surface area contributed by atoms with Crippen molar-refractivity contribution in [2.45, 2.75) is 117 Å². The Labute approximate surface area is 185 Å². The molecule has 0 aromatic rings. The lowest BCUT2D eigenvalue weighted by molar-refractivity contribution is -0.139. The largest absolute Gasteiger partial charge is 0.512 e. The van der Waals surface area contributed by atoms with Gasteiger partial charge in [-0.25, -0.2) is 4.79 Å². The number of ether oxygens (including phenoxy) is 1. The summed E-state index contributed by atoms with van der Waals surface area (Å²) in [5.41, 5.74) is 0.556. The molecule has 0 saturated heterocycles. The monoisotopic (exact) mass is 418 g/mol. The molecule has 0 aromatic carbocycles. The van der Waals surface area contributed by atoms with Crippen LogP contribution in [0.4, 0.5) is 0 Å². The van der Waals surface area contributed by atoms with Gasteiger partial charge in [-0.05, 0) is 87.4 Å². The van der Waals surface area contributed by atoms with Crippen molar-refractivity contribution in [1.29, 1.82) is 0 Å². The Morgan fingerprint density at radius 3 is 2.00 bits per heavy atom. The first-order valence-corrected chi connectivity index (χ1v) is 13.2. The Kier molecular flexibility index (Phi) is 9.59. The van der Waals surface area contributed by atoms with Crippen molar-refractivity contribution >= 4 is 5.97 Å². The van der Waals surface area contributed by atoms with Crippen LogP contribution >= 0.6 is 0 Å². The van der Waals surface area contributed by atoms with Crippen molar-refractivity contribution in [3.05, 3.63) is 11.3 Å². The van der Waals surface area contributed by atoms with E-state index >= 15 is 0 Å². The molecular weight excluding hydrogens is 372 g/mol. The molecule has 2 fully saturated rings. The number of allylic oxidation sites excluding steroid dienone is 1. The molecule has 1 N–H and O–H groups in total. The molecule has 2 saturated carbocycles. The van der Waals surface area contributed by atoms with Crippen molar-refractivity contribution in [3.8, 4) is 0 Å². The van der Waals surface area contributed by atoms with Crippen LogP contribution in [0.3, 0.4) is 0 Å². The summed E-state index contributed by atoms with van der Waals surface area (Å²) in [6.07, 6.45) is 19.7. The van der Waals surface area contributed by atoms with Crippen LogP contribution in [0.1, 0.15) is 117 Å². The summed E-state index contributed by atoms with van der Waals surface area (Å²) >= 11 is 0. The minimum Gasteiger partial charge on any atom is -0.512 e. The molecule has 1 atom stereocenters. The van der Waals surface area contributed by atoms with Crippen LogP contribution in [-0.4, -0.2) is 17.7 Å². The fourth-order valence-corrected chi connectivity index (χ4v) is 6.62. The van der Waals surface area contributed by atoms with Crippen LogP contribution < -0.4 is 0 Å². The SMILES string of the molecule is CCCCCOC(=O)C1=C(O)CC(C2CCC(C3CCC(CCC)CC3)CC2)CC1. The van der Waals surface area contributed by atoms with Crippen molar-refractivity contribution in [1.82, 2.24) is 0 Å². The Bertz CT molecular complexity index is 550. The van der Waals surface area contributed by atoms with E-state index in [0.29, 0.717) is 36.7 Å². The van der Waals surface area contributed by atoms with E-state index < -0.39 is 0 Å². The molecule has 0 spiro atoms. The second-order valence-electron chi connectivity index (χ2n) is 10.5. The van der Waals surface area contributed by atoms with Crippen LogP contribution in [0.15, 0.2) is 11.3 Å². The smallest absolute Gasteiger partial charge is 0.337 e. The van der Waals surface area contributed by atoms with Gasteiger partial charge in [0.1, 0.15) is 5.76 Å². The van der Waals surface area contributed by atoms with Gasteiger partial charge in [0.15, 0.2) is 0 Å². The van der Waals surface area contributed by atoms with E-state index in [-0.39, 0.29) is 5.97 Å². The highest BCUT2D eigenvalue weighted by atomic mass is 16.5.